The van der Waals surface area contributed by atoms with Gasteiger partial charge in [-0.2, -0.15) is 0 Å². The van der Waals surface area contributed by atoms with E-state index in [0.717, 1.165) is 83.5 Å². The highest BCUT2D eigenvalue weighted by atomic mass is 16.6. The molecule has 0 aliphatic heterocycles. The summed E-state index contributed by atoms with van der Waals surface area (Å²) in [5.74, 6) is -1.07. The largest absolute Gasteiger partial charge is 0.462 e. The number of hydrogen-bond acceptors (Lipinski definition) is 6. The van der Waals surface area contributed by atoms with Crippen LogP contribution in [0.25, 0.3) is 0 Å². The molecule has 0 radical (unpaired) electrons. The Morgan fingerprint density at radius 1 is 0.304 bits per heavy atom. The molecule has 0 fully saturated rings. The molecule has 0 rings (SSSR count). The van der Waals surface area contributed by atoms with Crippen molar-refractivity contribution in [2.24, 2.45) is 0 Å². The van der Waals surface area contributed by atoms with Crippen LogP contribution in [0.3, 0.4) is 0 Å². The summed E-state index contributed by atoms with van der Waals surface area (Å²) in [4.78, 5) is 38.1. The van der Waals surface area contributed by atoms with Crippen molar-refractivity contribution in [2.75, 3.05) is 13.2 Å². The number of hydrogen-bond donors (Lipinski definition) is 0. The molecule has 0 aliphatic carbocycles. The van der Waals surface area contributed by atoms with Gasteiger partial charge in [-0.1, -0.05) is 245 Å². The van der Waals surface area contributed by atoms with Crippen LogP contribution >= 0.6 is 0 Å². The zero-order chi connectivity index (χ0) is 50.0. The third-order valence-corrected chi connectivity index (χ3v) is 11.5. The summed E-state index contributed by atoms with van der Waals surface area (Å²) in [5, 5.41) is 0. The van der Waals surface area contributed by atoms with Crippen molar-refractivity contribution in [3.05, 3.63) is 122 Å². The maximum atomic E-state index is 12.8. The molecule has 0 bridgehead atoms. The Morgan fingerprint density at radius 3 is 1.01 bits per heavy atom. The first-order chi connectivity index (χ1) is 34.0. The monoisotopic (exact) mass is 955 g/mol. The second kappa shape index (κ2) is 56.4. The highest BCUT2D eigenvalue weighted by molar-refractivity contribution is 5.71. The number of ether oxygens (including phenoxy) is 3. The fourth-order valence-corrected chi connectivity index (χ4v) is 7.28. The minimum atomic E-state index is -0.839. The number of carbonyl (C=O) groups excluding carboxylic acids is 3. The van der Waals surface area contributed by atoms with Crippen LogP contribution in [0.5, 0.6) is 0 Å². The molecule has 0 spiro atoms. The van der Waals surface area contributed by atoms with Crippen LogP contribution in [0.2, 0.25) is 0 Å². The van der Waals surface area contributed by atoms with Crippen LogP contribution in [0.1, 0.15) is 239 Å². The molecule has 6 heteroatoms. The molecule has 0 amide bonds. The topological polar surface area (TPSA) is 78.9 Å². The smallest absolute Gasteiger partial charge is 0.306 e. The van der Waals surface area contributed by atoms with Gasteiger partial charge in [0.15, 0.2) is 6.10 Å². The predicted octanol–water partition coefficient (Wildman–Crippen LogP) is 18.9. The quantitative estimate of drug-likeness (QED) is 0.0262. The van der Waals surface area contributed by atoms with Crippen molar-refractivity contribution in [1.29, 1.82) is 0 Å². The van der Waals surface area contributed by atoms with E-state index in [1.165, 1.54) is 103 Å². The molecule has 69 heavy (non-hydrogen) atoms. The van der Waals surface area contributed by atoms with Crippen LogP contribution in [-0.2, 0) is 28.6 Å². The Labute approximate surface area is 424 Å². The summed E-state index contributed by atoms with van der Waals surface area (Å²) >= 11 is 0. The van der Waals surface area contributed by atoms with E-state index < -0.39 is 6.10 Å². The van der Waals surface area contributed by atoms with E-state index in [4.69, 9.17) is 14.2 Å². The molecule has 0 aromatic rings. The van der Waals surface area contributed by atoms with Crippen molar-refractivity contribution in [1.82, 2.24) is 0 Å². The highest BCUT2D eigenvalue weighted by Crippen LogP contribution is 2.14. The summed E-state index contributed by atoms with van der Waals surface area (Å²) in [6, 6.07) is 0. The van der Waals surface area contributed by atoms with Gasteiger partial charge in [0, 0.05) is 19.3 Å². The second-order valence-corrected chi connectivity index (χ2v) is 18.1. The number of esters is 3. The zero-order valence-corrected chi connectivity index (χ0v) is 44.5. The molecule has 0 aromatic carbocycles. The van der Waals surface area contributed by atoms with E-state index in [9.17, 15) is 14.4 Å². The molecule has 390 valence electrons. The molecular formula is C63H102O6. The minimum Gasteiger partial charge on any atom is -0.462 e. The summed E-state index contributed by atoms with van der Waals surface area (Å²) in [6.07, 6.45) is 77.7. The summed E-state index contributed by atoms with van der Waals surface area (Å²) in [5.41, 5.74) is 0. The number of unbranched alkanes of at least 4 members (excludes halogenated alkanes) is 18. The predicted molar refractivity (Wildman–Crippen MR) is 297 cm³/mol. The first kappa shape index (κ1) is 64.8. The average Bonchev–Trinajstić information content (AvgIpc) is 3.35. The standard InChI is InChI=1S/C63H102O6/c1-4-7-10-13-16-19-22-25-28-30-31-33-35-38-41-44-47-50-53-56-62(65)68-59-60(58-67-61(64)55-52-49-46-43-40-37-34-27-24-21-18-15-12-9-6-3)69-63(66)57-54-51-48-45-42-39-36-32-29-26-23-20-17-14-11-8-5-2/h7,10,16-17,19-20,25-26,28-29,31,33,36,38-39,41,45,47-48,50,60H,4-6,8-9,11-15,18,21-24,27,30,32,34-35,37,40,42-44,46,49,51-59H2,1-3H3/b10-7-,19-16-,20-17-,28-25-,29-26-,33-31-,39-36-,41-38-,48-45-,50-47-. The molecule has 0 N–H and O–H groups in total. The van der Waals surface area contributed by atoms with Crippen molar-refractivity contribution in [3.63, 3.8) is 0 Å². The van der Waals surface area contributed by atoms with Gasteiger partial charge < -0.3 is 14.2 Å². The van der Waals surface area contributed by atoms with Crippen molar-refractivity contribution in [2.45, 2.75) is 245 Å². The van der Waals surface area contributed by atoms with E-state index in [1.807, 2.05) is 12.2 Å². The molecule has 1 atom stereocenters. The molecule has 0 aromatic heterocycles. The summed E-state index contributed by atoms with van der Waals surface area (Å²) in [7, 11) is 0. The Hall–Kier alpha value is -4.19. The van der Waals surface area contributed by atoms with Gasteiger partial charge in [-0.3, -0.25) is 14.4 Å². The van der Waals surface area contributed by atoms with Crippen molar-refractivity contribution in [3.8, 4) is 0 Å². The molecule has 1 unspecified atom stereocenters. The van der Waals surface area contributed by atoms with Gasteiger partial charge in [0.1, 0.15) is 13.2 Å². The average molecular weight is 956 g/mol. The van der Waals surface area contributed by atoms with E-state index in [1.54, 1.807) is 0 Å². The normalized spacial score (nSPS) is 13.0. The van der Waals surface area contributed by atoms with Crippen LogP contribution in [-0.4, -0.2) is 37.2 Å². The lowest BCUT2D eigenvalue weighted by Gasteiger charge is -2.18. The molecule has 0 saturated heterocycles. The SMILES string of the molecule is CC/C=C\C/C=C\C/C=C\C/C=C\C/C=C\C/C=C\CCC(=O)OCC(COC(=O)CCCCCCCCCCCCCCCCC)OC(=O)CCC/C=C\C/C=C\C/C=C\C/C=C\CCCCC. The fraction of sp³-hybridized carbons (Fsp3) is 0.635. The minimum absolute atomic E-state index is 0.124. The Bertz CT molecular complexity index is 1470. The van der Waals surface area contributed by atoms with Gasteiger partial charge in [-0.15, -0.1) is 0 Å². The van der Waals surface area contributed by atoms with Gasteiger partial charge in [-0.25, -0.2) is 0 Å². The number of allylic oxidation sites excluding steroid dienone is 20. The first-order valence-corrected chi connectivity index (χ1v) is 28.0. The van der Waals surface area contributed by atoms with E-state index in [0.29, 0.717) is 19.3 Å². The van der Waals surface area contributed by atoms with Gasteiger partial charge in [0.2, 0.25) is 0 Å². The van der Waals surface area contributed by atoms with E-state index >= 15 is 0 Å². The van der Waals surface area contributed by atoms with E-state index in [2.05, 4.69) is 130 Å². The summed E-state index contributed by atoms with van der Waals surface area (Å²) < 4.78 is 16.7. The van der Waals surface area contributed by atoms with Crippen LogP contribution in [0.4, 0.5) is 0 Å². The molecule has 6 nitrogen and oxygen atoms in total. The lowest BCUT2D eigenvalue weighted by atomic mass is 10.0. The lowest BCUT2D eigenvalue weighted by molar-refractivity contribution is -0.166. The van der Waals surface area contributed by atoms with Crippen molar-refractivity contribution < 1.29 is 28.6 Å². The first-order valence-electron chi connectivity index (χ1n) is 28.0. The Kier molecular flexibility index (Phi) is 53.0. The van der Waals surface area contributed by atoms with E-state index in [-0.39, 0.29) is 44.0 Å². The fourth-order valence-electron chi connectivity index (χ4n) is 7.28. The lowest BCUT2D eigenvalue weighted by Crippen LogP contribution is -2.30. The van der Waals surface area contributed by atoms with Crippen LogP contribution < -0.4 is 0 Å². The molecule has 0 saturated carbocycles. The van der Waals surface area contributed by atoms with Gasteiger partial charge >= 0.3 is 17.9 Å². The third-order valence-electron chi connectivity index (χ3n) is 11.5. The molecule has 0 heterocycles. The maximum absolute atomic E-state index is 12.8. The molecular weight excluding hydrogens is 853 g/mol. The molecule has 0 aliphatic rings. The van der Waals surface area contributed by atoms with Gasteiger partial charge in [-0.05, 0) is 96.3 Å². The van der Waals surface area contributed by atoms with Crippen molar-refractivity contribution >= 4 is 17.9 Å². The van der Waals surface area contributed by atoms with Gasteiger partial charge in [0.25, 0.3) is 0 Å². The van der Waals surface area contributed by atoms with Crippen LogP contribution in [0, 0.1) is 0 Å². The summed E-state index contributed by atoms with van der Waals surface area (Å²) in [6.45, 7) is 6.39. The zero-order valence-electron chi connectivity index (χ0n) is 44.5. The van der Waals surface area contributed by atoms with Gasteiger partial charge in [0.05, 0.1) is 0 Å². The third kappa shape index (κ3) is 54.6. The highest BCUT2D eigenvalue weighted by Gasteiger charge is 2.19. The Balaban J connectivity index is 4.59. The number of carbonyl (C=O) groups is 3. The maximum Gasteiger partial charge on any atom is 0.306 e. The number of rotatable bonds is 49. The van der Waals surface area contributed by atoms with Crippen LogP contribution in [0.15, 0.2) is 122 Å². The Morgan fingerprint density at radius 2 is 0.609 bits per heavy atom. The second-order valence-electron chi connectivity index (χ2n) is 18.1.